The van der Waals surface area contributed by atoms with Gasteiger partial charge in [0.15, 0.2) is 9.84 Å². The van der Waals surface area contributed by atoms with Crippen LogP contribution in [0.1, 0.15) is 0 Å². The summed E-state index contributed by atoms with van der Waals surface area (Å²) in [6.45, 7) is 0.211. The van der Waals surface area contributed by atoms with Crippen LogP contribution in [0.3, 0.4) is 0 Å². The molecule has 0 amide bonds. The number of hydrogen-bond acceptors (Lipinski definition) is 5. The third-order valence-electron chi connectivity index (χ3n) is 1.84. The lowest BCUT2D eigenvalue weighted by Crippen LogP contribution is -2.21. The molecule has 0 saturated carbocycles. The zero-order valence-electron chi connectivity index (χ0n) is 8.75. The Labute approximate surface area is 102 Å². The van der Waals surface area contributed by atoms with Crippen molar-refractivity contribution in [2.45, 2.75) is 16.3 Å². The van der Waals surface area contributed by atoms with Crippen molar-refractivity contribution in [2.24, 2.45) is 0 Å². The molecule has 1 aromatic rings. The molecular weight excluding hydrogens is 300 g/mol. The molecule has 90 valence electrons. The Bertz CT molecular complexity index is 482. The van der Waals surface area contributed by atoms with Gasteiger partial charge in [-0.3, -0.25) is 9.48 Å². The SMILES string of the molecule is COC(=O)C(Br)Cn1cc(S(C)(=O)=O)cn1. The first kappa shape index (κ1) is 13.2. The molecule has 1 aromatic heterocycles. The van der Waals surface area contributed by atoms with E-state index < -0.39 is 20.6 Å². The molecule has 1 unspecified atom stereocenters. The van der Waals surface area contributed by atoms with E-state index in [2.05, 4.69) is 25.8 Å². The normalized spacial score (nSPS) is 13.4. The summed E-state index contributed by atoms with van der Waals surface area (Å²) in [5.74, 6) is -0.434. The average Bonchev–Trinajstić information content (AvgIpc) is 2.64. The van der Waals surface area contributed by atoms with Gasteiger partial charge in [-0.25, -0.2) is 8.42 Å². The summed E-state index contributed by atoms with van der Waals surface area (Å²) >= 11 is 3.12. The number of ether oxygens (including phenoxy) is 1. The van der Waals surface area contributed by atoms with Crippen molar-refractivity contribution in [2.75, 3.05) is 13.4 Å². The van der Waals surface area contributed by atoms with E-state index in [9.17, 15) is 13.2 Å². The van der Waals surface area contributed by atoms with Crippen molar-refractivity contribution in [3.8, 4) is 0 Å². The summed E-state index contributed by atoms with van der Waals surface area (Å²) in [5.41, 5.74) is 0. The van der Waals surface area contributed by atoms with Gasteiger partial charge in [-0.2, -0.15) is 5.10 Å². The fourth-order valence-corrected chi connectivity index (χ4v) is 2.04. The highest BCUT2D eigenvalue weighted by Gasteiger charge is 2.17. The minimum Gasteiger partial charge on any atom is -0.468 e. The fourth-order valence-electron chi connectivity index (χ4n) is 1.00. The molecule has 8 heteroatoms. The largest absolute Gasteiger partial charge is 0.468 e. The third-order valence-corrected chi connectivity index (χ3v) is 3.57. The van der Waals surface area contributed by atoms with Crippen molar-refractivity contribution < 1.29 is 17.9 Å². The minimum atomic E-state index is -3.26. The second kappa shape index (κ2) is 4.96. The zero-order valence-corrected chi connectivity index (χ0v) is 11.2. The molecule has 1 rings (SSSR count). The lowest BCUT2D eigenvalue weighted by atomic mass is 10.4. The van der Waals surface area contributed by atoms with Crippen LogP contribution in [0.15, 0.2) is 17.3 Å². The van der Waals surface area contributed by atoms with Crippen LogP contribution < -0.4 is 0 Å². The van der Waals surface area contributed by atoms with Crippen LogP contribution in [-0.2, 0) is 25.9 Å². The Morgan fingerprint density at radius 2 is 2.31 bits per heavy atom. The number of sulfone groups is 1. The Hall–Kier alpha value is -0.890. The van der Waals surface area contributed by atoms with Crippen molar-refractivity contribution in [3.63, 3.8) is 0 Å². The van der Waals surface area contributed by atoms with Crippen LogP contribution in [0.25, 0.3) is 0 Å². The summed E-state index contributed by atoms with van der Waals surface area (Å²) in [7, 11) is -1.98. The second-order valence-corrected chi connectivity index (χ2v) is 6.28. The van der Waals surface area contributed by atoms with Crippen LogP contribution in [-0.4, -0.2) is 42.4 Å². The van der Waals surface area contributed by atoms with Gasteiger partial charge in [-0.15, -0.1) is 0 Å². The Morgan fingerprint density at radius 1 is 1.69 bits per heavy atom. The molecule has 0 aromatic carbocycles. The molecule has 0 bridgehead atoms. The number of alkyl halides is 1. The maximum atomic E-state index is 11.2. The maximum absolute atomic E-state index is 11.2. The van der Waals surface area contributed by atoms with Gasteiger partial charge in [0.05, 0.1) is 19.9 Å². The van der Waals surface area contributed by atoms with E-state index in [4.69, 9.17) is 0 Å². The highest BCUT2D eigenvalue weighted by Crippen LogP contribution is 2.10. The summed E-state index contributed by atoms with van der Waals surface area (Å²) in [6.07, 6.45) is 3.71. The minimum absolute atomic E-state index is 0.122. The van der Waals surface area contributed by atoms with E-state index in [1.54, 1.807) is 0 Å². The Balaban J connectivity index is 2.77. The molecule has 0 aliphatic carbocycles. The smallest absolute Gasteiger partial charge is 0.321 e. The summed E-state index contributed by atoms with van der Waals surface area (Å²) in [5, 5.41) is 3.84. The number of carbonyl (C=O) groups excluding carboxylic acids is 1. The first-order chi connectivity index (χ1) is 7.34. The molecular formula is C8H11BrN2O4S. The number of hydrogen-bond donors (Lipinski definition) is 0. The van der Waals surface area contributed by atoms with Crippen LogP contribution in [0.5, 0.6) is 0 Å². The highest BCUT2D eigenvalue weighted by molar-refractivity contribution is 9.10. The van der Waals surface area contributed by atoms with Crippen molar-refractivity contribution >= 4 is 31.7 Å². The predicted molar refractivity (Wildman–Crippen MR) is 60.1 cm³/mol. The molecule has 0 saturated heterocycles. The standard InChI is InChI=1S/C8H11BrN2O4S/c1-15-8(12)7(9)5-11-4-6(3-10-11)16(2,13)14/h3-4,7H,5H2,1-2H3. The maximum Gasteiger partial charge on any atom is 0.321 e. The van der Waals surface area contributed by atoms with E-state index >= 15 is 0 Å². The van der Waals surface area contributed by atoms with E-state index in [1.807, 2.05) is 0 Å². The molecule has 1 atom stereocenters. The van der Waals surface area contributed by atoms with Gasteiger partial charge < -0.3 is 4.74 Å². The van der Waals surface area contributed by atoms with Crippen molar-refractivity contribution in [3.05, 3.63) is 12.4 Å². The molecule has 6 nitrogen and oxygen atoms in total. The van der Waals surface area contributed by atoms with Gasteiger partial charge in [0.2, 0.25) is 0 Å². The lowest BCUT2D eigenvalue weighted by Gasteiger charge is -2.06. The number of aromatic nitrogens is 2. The van der Waals surface area contributed by atoms with Crippen LogP contribution >= 0.6 is 15.9 Å². The van der Waals surface area contributed by atoms with E-state index in [0.717, 1.165) is 6.26 Å². The topological polar surface area (TPSA) is 78.3 Å². The number of halogens is 1. The summed E-state index contributed by atoms with van der Waals surface area (Å²) in [6, 6.07) is 0. The number of esters is 1. The van der Waals surface area contributed by atoms with Gasteiger partial charge in [-0.05, 0) is 0 Å². The molecule has 16 heavy (non-hydrogen) atoms. The molecule has 0 aliphatic rings. The third kappa shape index (κ3) is 3.31. The first-order valence-corrected chi connectivity index (χ1v) is 7.09. The molecule has 0 spiro atoms. The molecule has 0 fully saturated rings. The second-order valence-electron chi connectivity index (χ2n) is 3.16. The van der Waals surface area contributed by atoms with Crippen LogP contribution in [0.2, 0.25) is 0 Å². The zero-order chi connectivity index (χ0) is 12.3. The number of methoxy groups -OCH3 is 1. The average molecular weight is 311 g/mol. The quantitative estimate of drug-likeness (QED) is 0.587. The molecule has 0 N–H and O–H groups in total. The summed E-state index contributed by atoms with van der Waals surface area (Å²) < 4.78 is 28.2. The Kier molecular flexibility index (Phi) is 4.09. The van der Waals surface area contributed by atoms with Gasteiger partial charge in [-0.1, -0.05) is 15.9 Å². The van der Waals surface area contributed by atoms with Crippen LogP contribution in [0, 0.1) is 0 Å². The van der Waals surface area contributed by atoms with Crippen molar-refractivity contribution in [1.82, 2.24) is 9.78 Å². The molecule has 0 radical (unpaired) electrons. The first-order valence-electron chi connectivity index (χ1n) is 4.29. The van der Waals surface area contributed by atoms with E-state index in [0.29, 0.717) is 0 Å². The van der Waals surface area contributed by atoms with E-state index in [-0.39, 0.29) is 11.4 Å². The monoisotopic (exact) mass is 310 g/mol. The molecule has 1 heterocycles. The van der Waals surface area contributed by atoms with Crippen molar-refractivity contribution in [1.29, 1.82) is 0 Å². The van der Waals surface area contributed by atoms with E-state index in [1.165, 1.54) is 24.2 Å². The van der Waals surface area contributed by atoms with Gasteiger partial charge in [0, 0.05) is 12.5 Å². The highest BCUT2D eigenvalue weighted by atomic mass is 79.9. The number of nitrogens with zero attached hydrogens (tertiary/aromatic N) is 2. The Morgan fingerprint density at radius 3 is 2.75 bits per heavy atom. The van der Waals surface area contributed by atoms with Gasteiger partial charge in [0.25, 0.3) is 0 Å². The summed E-state index contributed by atoms with van der Waals surface area (Å²) in [4.78, 5) is 10.7. The van der Waals surface area contributed by atoms with Gasteiger partial charge >= 0.3 is 5.97 Å². The van der Waals surface area contributed by atoms with Crippen LogP contribution in [0.4, 0.5) is 0 Å². The lowest BCUT2D eigenvalue weighted by molar-refractivity contribution is -0.140. The predicted octanol–water partition coefficient (Wildman–Crippen LogP) is 0.223. The van der Waals surface area contributed by atoms with Gasteiger partial charge in [0.1, 0.15) is 9.72 Å². The molecule has 0 aliphatic heterocycles. The number of rotatable bonds is 4. The number of carbonyl (C=O) groups is 1. The fraction of sp³-hybridized carbons (Fsp3) is 0.500.